The summed E-state index contributed by atoms with van der Waals surface area (Å²) >= 11 is 4.80. The topological polar surface area (TPSA) is 92.9 Å². The molecule has 7 heteroatoms. The van der Waals surface area contributed by atoms with Crippen molar-refractivity contribution < 1.29 is 4.79 Å². The molecule has 6 nitrogen and oxygen atoms in total. The van der Waals surface area contributed by atoms with Gasteiger partial charge in [-0.3, -0.25) is 4.79 Å². The van der Waals surface area contributed by atoms with E-state index in [4.69, 9.17) is 18.0 Å². The van der Waals surface area contributed by atoms with Gasteiger partial charge in [-0.1, -0.05) is 12.2 Å². The number of nitrogens with one attached hydrogen (secondary N) is 2. The molecule has 1 amide bonds. The number of benzene rings is 1. The van der Waals surface area contributed by atoms with Gasteiger partial charge in [-0.05, 0) is 24.3 Å². The lowest BCUT2D eigenvalue weighted by molar-refractivity contribution is -0.114. The lowest BCUT2D eigenvalue weighted by atomic mass is 10.3. The second kappa shape index (κ2) is 6.07. The summed E-state index contributed by atoms with van der Waals surface area (Å²) < 4.78 is 0. The van der Waals surface area contributed by atoms with Crippen molar-refractivity contribution in [1.82, 2.24) is 9.97 Å². The molecule has 0 unspecified atom stereocenters. The van der Waals surface area contributed by atoms with Gasteiger partial charge in [-0.15, -0.1) is 0 Å². The summed E-state index contributed by atoms with van der Waals surface area (Å²) in [6.45, 7) is 1.46. The predicted octanol–water partition coefficient (Wildman–Crippen LogP) is 1.81. The van der Waals surface area contributed by atoms with E-state index < -0.39 is 0 Å². The van der Waals surface area contributed by atoms with Crippen LogP contribution in [0.5, 0.6) is 0 Å². The number of nitrogens with zero attached hydrogens (tertiary/aromatic N) is 2. The Balaban J connectivity index is 2.06. The molecule has 0 bridgehead atoms. The van der Waals surface area contributed by atoms with Crippen LogP contribution in [-0.2, 0) is 4.79 Å². The van der Waals surface area contributed by atoms with Crippen LogP contribution in [0.2, 0.25) is 0 Å². The zero-order valence-corrected chi connectivity index (χ0v) is 11.6. The van der Waals surface area contributed by atoms with Crippen molar-refractivity contribution in [1.29, 1.82) is 0 Å². The third-order valence-electron chi connectivity index (χ3n) is 2.38. The molecule has 2 rings (SSSR count). The maximum absolute atomic E-state index is 10.9. The minimum atomic E-state index is -0.107. The van der Waals surface area contributed by atoms with E-state index in [2.05, 4.69) is 20.6 Å². The Morgan fingerprint density at radius 1 is 1.15 bits per heavy atom. The van der Waals surface area contributed by atoms with Crippen molar-refractivity contribution in [2.75, 3.05) is 10.6 Å². The average molecular weight is 287 g/mol. The normalized spacial score (nSPS) is 9.85. The van der Waals surface area contributed by atoms with Crippen molar-refractivity contribution in [2.45, 2.75) is 6.92 Å². The van der Waals surface area contributed by atoms with Gasteiger partial charge in [0.2, 0.25) is 5.91 Å². The molecular formula is C13H13N5OS. The van der Waals surface area contributed by atoms with Crippen molar-refractivity contribution in [3.8, 4) is 0 Å². The van der Waals surface area contributed by atoms with Crippen LogP contribution in [0, 0.1) is 0 Å². The molecule has 1 aromatic carbocycles. The average Bonchev–Trinajstić information content (AvgIpc) is 2.41. The molecule has 102 valence electrons. The monoisotopic (exact) mass is 287 g/mol. The highest BCUT2D eigenvalue weighted by molar-refractivity contribution is 7.80. The highest BCUT2D eigenvalue weighted by Crippen LogP contribution is 2.17. The quantitative estimate of drug-likeness (QED) is 0.743. The van der Waals surface area contributed by atoms with Crippen LogP contribution < -0.4 is 16.4 Å². The fraction of sp³-hybridized carbons (Fsp3) is 0.0769. The standard InChI is InChI=1S/C13H13N5OS/c1-8(19)17-9-2-4-10(5-3-9)18-12-7-15-11(6-16-12)13(14)20/h2-7H,1H3,(H2,14,20)(H,16,18)(H,17,19). The van der Waals surface area contributed by atoms with E-state index in [9.17, 15) is 4.79 Å². The molecule has 2 aromatic rings. The molecule has 0 saturated carbocycles. The largest absolute Gasteiger partial charge is 0.388 e. The summed E-state index contributed by atoms with van der Waals surface area (Å²) in [5, 5.41) is 5.77. The number of rotatable bonds is 4. The van der Waals surface area contributed by atoms with Crippen LogP contribution in [0.15, 0.2) is 36.7 Å². The molecule has 0 fully saturated rings. The second-order valence-electron chi connectivity index (χ2n) is 4.03. The molecule has 1 heterocycles. The van der Waals surface area contributed by atoms with E-state index in [-0.39, 0.29) is 10.9 Å². The Hall–Kier alpha value is -2.54. The zero-order valence-electron chi connectivity index (χ0n) is 10.8. The molecule has 4 N–H and O–H groups in total. The first-order valence-corrected chi connectivity index (χ1v) is 6.22. The molecular weight excluding hydrogens is 274 g/mol. The van der Waals surface area contributed by atoms with Gasteiger partial charge in [0.15, 0.2) is 0 Å². The van der Waals surface area contributed by atoms with Crippen LogP contribution >= 0.6 is 12.2 Å². The van der Waals surface area contributed by atoms with Crippen molar-refractivity contribution in [3.63, 3.8) is 0 Å². The lowest BCUT2D eigenvalue weighted by Crippen LogP contribution is -2.12. The van der Waals surface area contributed by atoms with Crippen molar-refractivity contribution in [2.24, 2.45) is 5.73 Å². The van der Waals surface area contributed by atoms with Crippen molar-refractivity contribution in [3.05, 3.63) is 42.4 Å². The Morgan fingerprint density at radius 2 is 1.80 bits per heavy atom. The van der Waals surface area contributed by atoms with E-state index >= 15 is 0 Å². The molecule has 1 aromatic heterocycles. The number of amides is 1. The number of nitrogens with two attached hydrogens (primary N) is 1. The Kier molecular flexibility index (Phi) is 4.21. The number of aromatic nitrogens is 2. The van der Waals surface area contributed by atoms with Gasteiger partial charge in [0.05, 0.1) is 12.4 Å². The molecule has 20 heavy (non-hydrogen) atoms. The first kappa shape index (κ1) is 13.9. The molecule has 0 saturated heterocycles. The Morgan fingerprint density at radius 3 is 2.30 bits per heavy atom. The summed E-state index contributed by atoms with van der Waals surface area (Å²) in [5.74, 6) is 0.474. The predicted molar refractivity (Wildman–Crippen MR) is 81.9 cm³/mol. The zero-order chi connectivity index (χ0) is 14.5. The van der Waals surface area contributed by atoms with Crippen LogP contribution in [0.4, 0.5) is 17.2 Å². The third-order valence-corrected chi connectivity index (χ3v) is 2.59. The van der Waals surface area contributed by atoms with Gasteiger partial charge in [0.25, 0.3) is 0 Å². The number of carbonyl (C=O) groups excluding carboxylic acids is 1. The van der Waals surface area contributed by atoms with E-state index in [0.29, 0.717) is 11.5 Å². The number of thiocarbonyl (C=S) groups is 1. The first-order valence-electron chi connectivity index (χ1n) is 5.81. The third kappa shape index (κ3) is 3.72. The highest BCUT2D eigenvalue weighted by Gasteiger charge is 2.01. The molecule has 0 atom stereocenters. The highest BCUT2D eigenvalue weighted by atomic mass is 32.1. The van der Waals surface area contributed by atoms with E-state index in [0.717, 1.165) is 11.4 Å². The first-order chi connectivity index (χ1) is 9.54. The van der Waals surface area contributed by atoms with Gasteiger partial charge >= 0.3 is 0 Å². The molecule has 0 aliphatic heterocycles. The van der Waals surface area contributed by atoms with Gasteiger partial charge in [0, 0.05) is 18.3 Å². The van der Waals surface area contributed by atoms with Crippen LogP contribution in [0.3, 0.4) is 0 Å². The van der Waals surface area contributed by atoms with Gasteiger partial charge < -0.3 is 16.4 Å². The van der Waals surface area contributed by atoms with Gasteiger partial charge in [0.1, 0.15) is 16.5 Å². The molecule has 0 aliphatic rings. The minimum Gasteiger partial charge on any atom is -0.388 e. The smallest absolute Gasteiger partial charge is 0.221 e. The van der Waals surface area contributed by atoms with Crippen LogP contribution in [0.1, 0.15) is 12.6 Å². The van der Waals surface area contributed by atoms with Crippen LogP contribution in [0.25, 0.3) is 0 Å². The maximum atomic E-state index is 10.9. The summed E-state index contributed by atoms with van der Waals surface area (Å²) in [4.78, 5) is 19.4. The van der Waals surface area contributed by atoms with E-state index in [1.807, 2.05) is 12.1 Å². The fourth-order valence-electron chi connectivity index (χ4n) is 1.51. The molecule has 0 radical (unpaired) electrons. The number of carbonyl (C=O) groups is 1. The maximum Gasteiger partial charge on any atom is 0.221 e. The van der Waals surface area contributed by atoms with Crippen LogP contribution in [-0.4, -0.2) is 20.9 Å². The fourth-order valence-corrected chi connectivity index (χ4v) is 1.61. The van der Waals surface area contributed by atoms with Crippen molar-refractivity contribution >= 4 is 40.3 Å². The Labute approximate surface area is 121 Å². The summed E-state index contributed by atoms with van der Waals surface area (Å²) in [6, 6.07) is 7.24. The second-order valence-corrected chi connectivity index (χ2v) is 4.47. The lowest BCUT2D eigenvalue weighted by Gasteiger charge is -2.07. The number of hydrogen-bond donors (Lipinski definition) is 3. The minimum absolute atomic E-state index is 0.107. The summed E-state index contributed by atoms with van der Waals surface area (Å²) in [6.07, 6.45) is 3.06. The SMILES string of the molecule is CC(=O)Nc1ccc(Nc2cnc(C(N)=S)cn2)cc1. The number of anilines is 3. The van der Waals surface area contributed by atoms with E-state index in [1.165, 1.54) is 13.1 Å². The van der Waals surface area contributed by atoms with Gasteiger partial charge in [-0.25, -0.2) is 9.97 Å². The van der Waals surface area contributed by atoms with E-state index in [1.54, 1.807) is 18.3 Å². The Bertz CT molecular complexity index is 624. The number of hydrogen-bond acceptors (Lipinski definition) is 5. The van der Waals surface area contributed by atoms with Gasteiger partial charge in [-0.2, -0.15) is 0 Å². The summed E-state index contributed by atoms with van der Waals surface area (Å²) in [7, 11) is 0. The molecule has 0 spiro atoms. The molecule has 0 aliphatic carbocycles. The summed E-state index contributed by atoms with van der Waals surface area (Å²) in [5.41, 5.74) is 7.49.